The van der Waals surface area contributed by atoms with Gasteiger partial charge in [0.25, 0.3) is 0 Å². The van der Waals surface area contributed by atoms with Crippen molar-refractivity contribution in [2.45, 2.75) is 12.8 Å². The van der Waals surface area contributed by atoms with Gasteiger partial charge in [-0.15, -0.1) is 0 Å². The fraction of sp³-hybridized carbons (Fsp3) is 0.500. The number of hydrogen-bond donors (Lipinski definition) is 1. The number of carbonyl (C=O) groups excluding carboxylic acids is 2. The molecule has 1 aromatic rings. The normalized spacial score (nSPS) is 15.9. The van der Waals surface area contributed by atoms with Crippen molar-refractivity contribution in [2.75, 3.05) is 38.0 Å². The van der Waals surface area contributed by atoms with Crippen molar-refractivity contribution < 1.29 is 22.4 Å². The minimum absolute atomic E-state index is 0.195. The van der Waals surface area contributed by atoms with Gasteiger partial charge in [-0.25, -0.2) is 8.70 Å². The number of rotatable bonds is 6. The molecule has 0 unspecified atom stereocenters. The number of nitrogens with two attached hydrogens (primary N) is 1. The van der Waals surface area contributed by atoms with Gasteiger partial charge in [0, 0.05) is 33.1 Å². The van der Waals surface area contributed by atoms with E-state index in [4.69, 9.17) is 5.73 Å². The van der Waals surface area contributed by atoms with Crippen molar-refractivity contribution in [1.29, 1.82) is 0 Å². The summed E-state index contributed by atoms with van der Waals surface area (Å²) in [6.07, 6.45) is 0.913. The lowest BCUT2D eigenvalue weighted by molar-refractivity contribution is -0.133. The molecule has 0 spiro atoms. The highest BCUT2D eigenvalue weighted by Gasteiger charge is 2.31. The summed E-state index contributed by atoms with van der Waals surface area (Å²) < 4.78 is 40.3. The van der Waals surface area contributed by atoms with Crippen LogP contribution in [0.25, 0.3) is 0 Å². The Labute approximate surface area is 152 Å². The van der Waals surface area contributed by atoms with Crippen molar-refractivity contribution in [3.63, 3.8) is 0 Å². The molecule has 0 saturated carbocycles. The lowest BCUT2D eigenvalue weighted by Crippen LogP contribution is -2.49. The van der Waals surface area contributed by atoms with Crippen molar-refractivity contribution in [2.24, 2.45) is 11.7 Å². The van der Waals surface area contributed by atoms with Crippen molar-refractivity contribution in [1.82, 2.24) is 9.21 Å². The number of carbonyl (C=O) groups is 2. The second-order valence-electron chi connectivity index (χ2n) is 6.33. The molecule has 0 atom stereocenters. The third kappa shape index (κ3) is 4.50. The first-order chi connectivity index (χ1) is 12.1. The van der Waals surface area contributed by atoms with Crippen molar-refractivity contribution in [3.8, 4) is 0 Å². The van der Waals surface area contributed by atoms with E-state index in [0.717, 1.165) is 20.7 Å². The average molecular weight is 386 g/mol. The van der Waals surface area contributed by atoms with Gasteiger partial charge in [0.05, 0.1) is 5.69 Å². The molecule has 2 rings (SSSR count). The minimum atomic E-state index is -3.94. The smallest absolute Gasteiger partial charge is 0.304 e. The first kappa shape index (κ1) is 20.1. The summed E-state index contributed by atoms with van der Waals surface area (Å²) in [5, 5.41) is 0. The first-order valence-corrected chi connectivity index (χ1v) is 9.55. The lowest BCUT2D eigenvalue weighted by Gasteiger charge is -2.33. The standard InChI is InChI=1S/C16H23FN4O4S/c1-19(2)26(24,25)21(14-5-3-13(17)4-6-14)11-15(22)20-9-7-12(8-10-20)16(18)23/h3-6,12H,7-11H2,1-2H3,(H2,18,23). The van der Waals surface area contributed by atoms with Crippen LogP contribution in [0, 0.1) is 11.7 Å². The fourth-order valence-corrected chi connectivity index (χ4v) is 3.80. The molecule has 2 N–H and O–H groups in total. The molecule has 1 aromatic carbocycles. The third-order valence-corrected chi connectivity index (χ3v) is 6.20. The first-order valence-electron chi connectivity index (χ1n) is 8.15. The average Bonchev–Trinajstić information content (AvgIpc) is 2.60. The second kappa shape index (κ2) is 8.00. The molecule has 1 saturated heterocycles. The number of likely N-dealkylation sites (tertiary alicyclic amines) is 1. The summed E-state index contributed by atoms with van der Waals surface area (Å²) in [5.41, 5.74) is 5.48. The molecular formula is C16H23FN4O4S. The van der Waals surface area contributed by atoms with Crippen LogP contribution in [0.2, 0.25) is 0 Å². The Morgan fingerprint density at radius 1 is 1.19 bits per heavy atom. The van der Waals surface area contributed by atoms with Gasteiger partial charge in [0.15, 0.2) is 0 Å². The molecule has 0 bridgehead atoms. The van der Waals surface area contributed by atoms with Gasteiger partial charge in [0.1, 0.15) is 12.4 Å². The highest BCUT2D eigenvalue weighted by atomic mass is 32.2. The van der Waals surface area contributed by atoms with E-state index in [0.29, 0.717) is 25.9 Å². The van der Waals surface area contributed by atoms with Crippen LogP contribution in [0.1, 0.15) is 12.8 Å². The van der Waals surface area contributed by atoms with Crippen LogP contribution < -0.4 is 10.0 Å². The number of benzene rings is 1. The topological polar surface area (TPSA) is 104 Å². The largest absolute Gasteiger partial charge is 0.369 e. The zero-order valence-corrected chi connectivity index (χ0v) is 15.6. The van der Waals surface area contributed by atoms with Crippen LogP contribution in [0.15, 0.2) is 24.3 Å². The van der Waals surface area contributed by atoms with E-state index in [-0.39, 0.29) is 23.4 Å². The van der Waals surface area contributed by atoms with Gasteiger partial charge in [-0.1, -0.05) is 0 Å². The van der Waals surface area contributed by atoms with Gasteiger partial charge in [0.2, 0.25) is 11.8 Å². The summed E-state index contributed by atoms with van der Waals surface area (Å²) in [7, 11) is -1.23. The quantitative estimate of drug-likeness (QED) is 0.752. The summed E-state index contributed by atoms with van der Waals surface area (Å²) in [5.74, 6) is -1.54. The van der Waals surface area contributed by atoms with E-state index < -0.39 is 22.6 Å². The lowest BCUT2D eigenvalue weighted by atomic mass is 9.96. The summed E-state index contributed by atoms with van der Waals surface area (Å²) in [6.45, 7) is 0.269. The maximum atomic E-state index is 13.2. The van der Waals surface area contributed by atoms with Crippen LogP contribution in [-0.4, -0.2) is 63.2 Å². The van der Waals surface area contributed by atoms with E-state index in [1.54, 1.807) is 0 Å². The van der Waals surface area contributed by atoms with Crippen LogP contribution >= 0.6 is 0 Å². The molecular weight excluding hydrogens is 363 g/mol. The Balaban J connectivity index is 2.18. The Kier molecular flexibility index (Phi) is 6.19. The molecule has 1 aliphatic heterocycles. The number of halogens is 1. The summed E-state index contributed by atoms with van der Waals surface area (Å²) >= 11 is 0. The molecule has 1 aliphatic rings. The number of anilines is 1. The SMILES string of the molecule is CN(C)S(=O)(=O)N(CC(=O)N1CCC(C(N)=O)CC1)c1ccc(F)cc1. The van der Waals surface area contributed by atoms with Crippen LogP contribution in [0.3, 0.4) is 0 Å². The zero-order chi connectivity index (χ0) is 19.5. The Morgan fingerprint density at radius 2 is 1.73 bits per heavy atom. The van der Waals surface area contributed by atoms with E-state index in [1.165, 1.54) is 31.1 Å². The third-order valence-electron chi connectivity index (χ3n) is 4.38. The molecule has 26 heavy (non-hydrogen) atoms. The number of hydrogen-bond acceptors (Lipinski definition) is 4. The molecule has 144 valence electrons. The molecule has 2 amide bonds. The minimum Gasteiger partial charge on any atom is -0.369 e. The Hall–Kier alpha value is -2.20. The van der Waals surface area contributed by atoms with E-state index in [2.05, 4.69) is 0 Å². The van der Waals surface area contributed by atoms with Crippen molar-refractivity contribution >= 4 is 27.7 Å². The summed E-state index contributed by atoms with van der Waals surface area (Å²) in [4.78, 5) is 25.3. The number of piperidine rings is 1. The molecule has 0 radical (unpaired) electrons. The van der Waals surface area contributed by atoms with Gasteiger partial charge in [-0.2, -0.15) is 12.7 Å². The number of amides is 2. The van der Waals surface area contributed by atoms with E-state index in [9.17, 15) is 22.4 Å². The van der Waals surface area contributed by atoms with Gasteiger partial charge < -0.3 is 10.6 Å². The highest BCUT2D eigenvalue weighted by molar-refractivity contribution is 7.90. The van der Waals surface area contributed by atoms with Gasteiger partial charge in [-0.3, -0.25) is 9.59 Å². The molecule has 8 nitrogen and oxygen atoms in total. The molecule has 0 aromatic heterocycles. The van der Waals surface area contributed by atoms with Gasteiger partial charge >= 0.3 is 10.2 Å². The van der Waals surface area contributed by atoms with Crippen LogP contribution in [0.5, 0.6) is 0 Å². The van der Waals surface area contributed by atoms with Crippen LogP contribution in [-0.2, 0) is 19.8 Å². The molecule has 10 heteroatoms. The maximum Gasteiger partial charge on any atom is 0.304 e. The van der Waals surface area contributed by atoms with E-state index in [1.807, 2.05) is 0 Å². The second-order valence-corrected chi connectivity index (χ2v) is 8.40. The molecule has 0 aliphatic carbocycles. The number of nitrogens with zero attached hydrogens (tertiary/aromatic N) is 3. The fourth-order valence-electron chi connectivity index (χ4n) is 2.75. The van der Waals surface area contributed by atoms with Crippen molar-refractivity contribution in [3.05, 3.63) is 30.1 Å². The number of primary amides is 1. The Bertz CT molecular complexity index is 759. The monoisotopic (exact) mass is 386 g/mol. The van der Waals surface area contributed by atoms with Gasteiger partial charge in [-0.05, 0) is 37.1 Å². The summed E-state index contributed by atoms with van der Waals surface area (Å²) in [6, 6.07) is 4.89. The predicted molar refractivity (Wildman–Crippen MR) is 94.9 cm³/mol. The molecule has 1 heterocycles. The maximum absolute atomic E-state index is 13.2. The predicted octanol–water partition coefficient (Wildman–Crippen LogP) is 0.162. The highest BCUT2D eigenvalue weighted by Crippen LogP contribution is 2.22. The van der Waals surface area contributed by atoms with E-state index >= 15 is 0 Å². The molecule has 1 fully saturated rings. The zero-order valence-electron chi connectivity index (χ0n) is 14.8. The Morgan fingerprint density at radius 3 is 2.19 bits per heavy atom. The van der Waals surface area contributed by atoms with Crippen LogP contribution in [0.4, 0.5) is 10.1 Å².